The fourth-order valence-electron chi connectivity index (χ4n) is 1.98. The molecule has 0 radical (unpaired) electrons. The number of hydrogen-bond acceptors (Lipinski definition) is 2. The number of hydrogen-bond donors (Lipinski definition) is 1. The average molecular weight is 278 g/mol. The van der Waals surface area contributed by atoms with Crippen LogP contribution >= 0.6 is 12.2 Å². The molecule has 1 rings (SSSR count). The minimum Gasteiger partial charge on any atom is -0.392 e. The minimum absolute atomic E-state index is 0.0287. The van der Waals surface area contributed by atoms with E-state index in [2.05, 4.69) is 13.8 Å². The Morgan fingerprint density at radius 2 is 1.95 bits per heavy atom. The predicted molar refractivity (Wildman–Crippen MR) is 83.1 cm³/mol. The second kappa shape index (κ2) is 7.24. The maximum absolute atomic E-state index is 12.5. The molecule has 19 heavy (non-hydrogen) atoms. The van der Waals surface area contributed by atoms with Gasteiger partial charge in [-0.25, -0.2) is 0 Å². The van der Waals surface area contributed by atoms with Gasteiger partial charge in [0, 0.05) is 13.6 Å². The second-order valence-corrected chi connectivity index (χ2v) is 5.45. The van der Waals surface area contributed by atoms with E-state index in [-0.39, 0.29) is 10.9 Å². The van der Waals surface area contributed by atoms with E-state index in [9.17, 15) is 4.79 Å². The van der Waals surface area contributed by atoms with Crippen molar-refractivity contribution in [2.75, 3.05) is 13.6 Å². The molecule has 0 fully saturated rings. The first kappa shape index (κ1) is 15.6. The van der Waals surface area contributed by atoms with Crippen LogP contribution < -0.4 is 5.73 Å². The molecule has 0 heterocycles. The lowest BCUT2D eigenvalue weighted by Crippen LogP contribution is -2.39. The predicted octanol–water partition coefficient (Wildman–Crippen LogP) is 2.56. The number of benzene rings is 1. The molecule has 0 aromatic heterocycles. The van der Waals surface area contributed by atoms with Crippen molar-refractivity contribution in [1.82, 2.24) is 4.90 Å². The van der Waals surface area contributed by atoms with E-state index >= 15 is 0 Å². The van der Waals surface area contributed by atoms with Gasteiger partial charge in [-0.1, -0.05) is 62.8 Å². The highest BCUT2D eigenvalue weighted by molar-refractivity contribution is 7.80. The van der Waals surface area contributed by atoms with Crippen molar-refractivity contribution in [3.63, 3.8) is 0 Å². The molecule has 0 aliphatic carbocycles. The van der Waals surface area contributed by atoms with Crippen LogP contribution in [0, 0.1) is 5.92 Å². The molecule has 3 nitrogen and oxygen atoms in total. The van der Waals surface area contributed by atoms with E-state index in [1.54, 1.807) is 4.90 Å². The lowest BCUT2D eigenvalue weighted by Gasteiger charge is -2.25. The Kier molecular flexibility index (Phi) is 5.96. The van der Waals surface area contributed by atoms with E-state index < -0.39 is 5.92 Å². The molecule has 0 aliphatic heterocycles. The highest BCUT2D eigenvalue weighted by Crippen LogP contribution is 2.19. The number of thiocarbonyl (C=S) groups is 1. The molecule has 2 N–H and O–H groups in total. The van der Waals surface area contributed by atoms with E-state index in [1.807, 2.05) is 37.4 Å². The Balaban J connectivity index is 2.89. The molecule has 1 aromatic rings. The SMILES string of the molecule is CCC(C)CN(C)C(=O)C(C(N)=S)c1ccccc1. The van der Waals surface area contributed by atoms with Crippen LogP contribution in [0.5, 0.6) is 0 Å². The highest BCUT2D eigenvalue weighted by Gasteiger charge is 2.26. The maximum Gasteiger partial charge on any atom is 0.236 e. The van der Waals surface area contributed by atoms with Gasteiger partial charge in [0.25, 0.3) is 0 Å². The fourth-order valence-corrected chi connectivity index (χ4v) is 2.22. The summed E-state index contributed by atoms with van der Waals surface area (Å²) in [5, 5.41) is 0. The molecule has 0 bridgehead atoms. The van der Waals surface area contributed by atoms with Crippen molar-refractivity contribution >= 4 is 23.1 Å². The smallest absolute Gasteiger partial charge is 0.236 e. The number of nitrogens with zero attached hydrogens (tertiary/aromatic N) is 1. The molecule has 2 atom stereocenters. The number of likely N-dealkylation sites (N-methyl/N-ethyl adjacent to an activating group) is 1. The van der Waals surface area contributed by atoms with Crippen LogP contribution in [0.15, 0.2) is 30.3 Å². The quantitative estimate of drug-likeness (QED) is 0.814. The van der Waals surface area contributed by atoms with Crippen LogP contribution in [0.1, 0.15) is 31.7 Å². The molecule has 0 aliphatic rings. The summed E-state index contributed by atoms with van der Waals surface area (Å²) in [7, 11) is 1.81. The molecular formula is C15H22N2OS. The van der Waals surface area contributed by atoms with E-state index in [0.717, 1.165) is 18.5 Å². The Labute approximate surface area is 120 Å². The zero-order valence-electron chi connectivity index (χ0n) is 11.8. The van der Waals surface area contributed by atoms with E-state index in [1.165, 1.54) is 0 Å². The van der Waals surface area contributed by atoms with Crippen molar-refractivity contribution in [3.8, 4) is 0 Å². The van der Waals surface area contributed by atoms with Crippen molar-refractivity contribution in [1.29, 1.82) is 0 Å². The standard InChI is InChI=1S/C15H22N2OS/c1-4-11(2)10-17(3)15(18)13(14(16)19)12-8-6-5-7-9-12/h5-9,11,13H,4,10H2,1-3H3,(H2,16,19). The normalized spacial score (nSPS) is 13.6. The van der Waals surface area contributed by atoms with Crippen LogP contribution in [-0.4, -0.2) is 29.4 Å². The summed E-state index contributed by atoms with van der Waals surface area (Å²) in [5.41, 5.74) is 6.61. The average Bonchev–Trinajstić information content (AvgIpc) is 2.39. The first-order chi connectivity index (χ1) is 8.97. The van der Waals surface area contributed by atoms with Gasteiger partial charge >= 0.3 is 0 Å². The highest BCUT2D eigenvalue weighted by atomic mass is 32.1. The molecule has 0 saturated carbocycles. The van der Waals surface area contributed by atoms with Crippen molar-refractivity contribution in [2.24, 2.45) is 11.7 Å². The summed E-state index contributed by atoms with van der Waals surface area (Å²) in [4.78, 5) is 14.5. The third-order valence-corrected chi connectivity index (χ3v) is 3.56. The molecule has 4 heteroatoms. The largest absolute Gasteiger partial charge is 0.392 e. The van der Waals surface area contributed by atoms with E-state index in [4.69, 9.17) is 18.0 Å². The number of carbonyl (C=O) groups excluding carboxylic acids is 1. The Morgan fingerprint density at radius 1 is 1.37 bits per heavy atom. The summed E-state index contributed by atoms with van der Waals surface area (Å²) >= 11 is 5.07. The van der Waals surface area contributed by atoms with Crippen molar-refractivity contribution < 1.29 is 4.79 Å². The maximum atomic E-state index is 12.5. The first-order valence-electron chi connectivity index (χ1n) is 6.56. The van der Waals surface area contributed by atoms with E-state index in [0.29, 0.717) is 5.92 Å². The number of carbonyl (C=O) groups is 1. The molecule has 2 unspecified atom stereocenters. The van der Waals surface area contributed by atoms with Gasteiger partial charge < -0.3 is 10.6 Å². The van der Waals surface area contributed by atoms with Gasteiger partial charge in [0.1, 0.15) is 5.92 Å². The van der Waals surface area contributed by atoms with Gasteiger partial charge in [0.05, 0.1) is 4.99 Å². The van der Waals surface area contributed by atoms with Crippen LogP contribution in [0.3, 0.4) is 0 Å². The monoisotopic (exact) mass is 278 g/mol. The summed E-state index contributed by atoms with van der Waals surface area (Å²) in [6.07, 6.45) is 1.04. The molecule has 1 aromatic carbocycles. The first-order valence-corrected chi connectivity index (χ1v) is 6.97. The Bertz CT molecular complexity index is 433. The van der Waals surface area contributed by atoms with Crippen LogP contribution in [0.4, 0.5) is 0 Å². The van der Waals surface area contributed by atoms with Crippen molar-refractivity contribution in [2.45, 2.75) is 26.2 Å². The zero-order chi connectivity index (χ0) is 14.4. The molecular weight excluding hydrogens is 256 g/mol. The third kappa shape index (κ3) is 4.31. The lowest BCUT2D eigenvalue weighted by molar-refractivity contribution is -0.130. The van der Waals surface area contributed by atoms with Crippen molar-refractivity contribution in [3.05, 3.63) is 35.9 Å². The number of nitrogens with two attached hydrogens (primary N) is 1. The number of amides is 1. The summed E-state index contributed by atoms with van der Waals surface area (Å²) in [6, 6.07) is 9.47. The fraction of sp³-hybridized carbons (Fsp3) is 0.467. The Morgan fingerprint density at radius 3 is 2.42 bits per heavy atom. The third-order valence-electron chi connectivity index (χ3n) is 3.32. The summed E-state index contributed by atoms with van der Waals surface area (Å²) in [5.74, 6) is -0.0824. The Hall–Kier alpha value is -1.42. The molecule has 1 amide bonds. The molecule has 0 spiro atoms. The van der Waals surface area contributed by atoms with Crippen LogP contribution in [-0.2, 0) is 4.79 Å². The van der Waals surface area contributed by atoms with Gasteiger partial charge in [0.2, 0.25) is 5.91 Å². The minimum atomic E-state index is -0.523. The molecule has 104 valence electrons. The summed E-state index contributed by atoms with van der Waals surface area (Å²) in [6.45, 7) is 4.97. The second-order valence-electron chi connectivity index (χ2n) is 4.98. The number of rotatable bonds is 6. The lowest BCUT2D eigenvalue weighted by atomic mass is 9.97. The molecule has 0 saturated heterocycles. The van der Waals surface area contributed by atoms with Gasteiger partial charge in [-0.15, -0.1) is 0 Å². The zero-order valence-corrected chi connectivity index (χ0v) is 12.6. The van der Waals surface area contributed by atoms with Crippen LogP contribution in [0.2, 0.25) is 0 Å². The summed E-state index contributed by atoms with van der Waals surface area (Å²) < 4.78 is 0. The van der Waals surface area contributed by atoms with Gasteiger partial charge in [-0.3, -0.25) is 4.79 Å². The topological polar surface area (TPSA) is 46.3 Å². The van der Waals surface area contributed by atoms with Gasteiger partial charge in [-0.05, 0) is 11.5 Å². The van der Waals surface area contributed by atoms with Gasteiger partial charge in [-0.2, -0.15) is 0 Å². The van der Waals surface area contributed by atoms with Crippen LogP contribution in [0.25, 0.3) is 0 Å². The van der Waals surface area contributed by atoms with Gasteiger partial charge in [0.15, 0.2) is 0 Å².